The molecule has 0 N–H and O–H groups in total. The summed E-state index contributed by atoms with van der Waals surface area (Å²) >= 11 is 7.53. The lowest BCUT2D eigenvalue weighted by Crippen LogP contribution is -1.95. The van der Waals surface area contributed by atoms with Gasteiger partial charge >= 0.3 is 0 Å². The molecule has 6 nitrogen and oxygen atoms in total. The first-order chi connectivity index (χ1) is 12.7. The molecule has 0 aliphatic heterocycles. The smallest absolute Gasteiger partial charge is 0.237 e. The molecule has 0 amide bonds. The number of rotatable bonds is 5. The number of halogens is 1. The third kappa shape index (κ3) is 3.63. The standard InChI is InChI=1S/C18H14ClN5OS/c1-12-5-7-13(8-6-12)17-21-16(25-23-17)10-26-18-22-20-11-24(18)15-4-2-3-14(19)9-15/h2-9,11H,10H2,1H3. The van der Waals surface area contributed by atoms with E-state index in [1.54, 1.807) is 6.33 Å². The molecular formula is C18H14ClN5OS. The van der Waals surface area contributed by atoms with Gasteiger partial charge in [0.2, 0.25) is 11.7 Å². The molecule has 0 fully saturated rings. The van der Waals surface area contributed by atoms with E-state index in [0.717, 1.165) is 16.4 Å². The van der Waals surface area contributed by atoms with Gasteiger partial charge < -0.3 is 4.52 Å². The summed E-state index contributed by atoms with van der Waals surface area (Å²) in [6.45, 7) is 2.04. The first-order valence-corrected chi connectivity index (χ1v) is 9.24. The summed E-state index contributed by atoms with van der Waals surface area (Å²) in [6.07, 6.45) is 1.65. The molecule has 0 saturated carbocycles. The van der Waals surface area contributed by atoms with Crippen molar-refractivity contribution >= 4 is 23.4 Å². The number of aromatic nitrogens is 5. The van der Waals surface area contributed by atoms with E-state index >= 15 is 0 Å². The highest BCUT2D eigenvalue weighted by molar-refractivity contribution is 7.98. The van der Waals surface area contributed by atoms with Crippen molar-refractivity contribution in [3.63, 3.8) is 0 Å². The highest BCUT2D eigenvalue weighted by Crippen LogP contribution is 2.25. The summed E-state index contributed by atoms with van der Waals surface area (Å²) in [5.74, 6) is 1.61. The van der Waals surface area contributed by atoms with Gasteiger partial charge in [-0.05, 0) is 25.1 Å². The Morgan fingerprint density at radius 1 is 1.15 bits per heavy atom. The molecule has 0 saturated heterocycles. The van der Waals surface area contributed by atoms with E-state index in [0.29, 0.717) is 22.5 Å². The van der Waals surface area contributed by atoms with Crippen molar-refractivity contribution in [3.8, 4) is 17.1 Å². The second kappa shape index (κ2) is 7.31. The molecule has 26 heavy (non-hydrogen) atoms. The van der Waals surface area contributed by atoms with Crippen LogP contribution in [0.5, 0.6) is 0 Å². The SMILES string of the molecule is Cc1ccc(-c2noc(CSc3nncn3-c3cccc(Cl)c3)n2)cc1. The van der Waals surface area contributed by atoms with Crippen LogP contribution in [0, 0.1) is 6.92 Å². The summed E-state index contributed by atoms with van der Waals surface area (Å²) in [6, 6.07) is 15.5. The van der Waals surface area contributed by atoms with Gasteiger partial charge in [0.05, 0.1) is 11.4 Å². The summed E-state index contributed by atoms with van der Waals surface area (Å²) < 4.78 is 7.22. The number of nitrogens with zero attached hydrogens (tertiary/aromatic N) is 5. The number of hydrogen-bond donors (Lipinski definition) is 0. The van der Waals surface area contributed by atoms with Crippen LogP contribution in [0.15, 0.2) is 64.5 Å². The Labute approximate surface area is 159 Å². The minimum atomic E-state index is 0.498. The van der Waals surface area contributed by atoms with Gasteiger partial charge in [0.15, 0.2) is 5.16 Å². The Hall–Kier alpha value is -2.64. The van der Waals surface area contributed by atoms with Crippen LogP contribution in [0.4, 0.5) is 0 Å². The summed E-state index contributed by atoms with van der Waals surface area (Å²) in [4.78, 5) is 4.45. The lowest BCUT2D eigenvalue weighted by atomic mass is 10.1. The van der Waals surface area contributed by atoms with Crippen LogP contribution in [0.25, 0.3) is 17.1 Å². The molecular weight excluding hydrogens is 370 g/mol. The molecule has 0 aliphatic carbocycles. The fourth-order valence-corrected chi connectivity index (χ4v) is 3.34. The predicted molar refractivity (Wildman–Crippen MR) is 100 cm³/mol. The summed E-state index contributed by atoms with van der Waals surface area (Å²) in [5, 5.41) is 13.6. The molecule has 130 valence electrons. The van der Waals surface area contributed by atoms with Crippen LogP contribution < -0.4 is 0 Å². The molecule has 0 spiro atoms. The molecule has 4 rings (SSSR count). The van der Waals surface area contributed by atoms with E-state index < -0.39 is 0 Å². The van der Waals surface area contributed by atoms with Gasteiger partial charge in [-0.2, -0.15) is 4.98 Å². The van der Waals surface area contributed by atoms with Crippen LogP contribution in [-0.4, -0.2) is 24.9 Å². The van der Waals surface area contributed by atoms with Crippen molar-refractivity contribution < 1.29 is 4.52 Å². The average Bonchev–Trinajstić information content (AvgIpc) is 3.30. The largest absolute Gasteiger partial charge is 0.338 e. The molecule has 2 heterocycles. The third-order valence-corrected chi connectivity index (χ3v) is 4.87. The van der Waals surface area contributed by atoms with E-state index in [-0.39, 0.29) is 0 Å². The van der Waals surface area contributed by atoms with E-state index in [2.05, 4.69) is 20.3 Å². The Bertz CT molecular complexity index is 1030. The maximum atomic E-state index is 6.06. The number of benzene rings is 2. The monoisotopic (exact) mass is 383 g/mol. The maximum absolute atomic E-state index is 6.06. The average molecular weight is 384 g/mol. The Balaban J connectivity index is 1.49. The van der Waals surface area contributed by atoms with E-state index in [9.17, 15) is 0 Å². The van der Waals surface area contributed by atoms with E-state index in [1.165, 1.54) is 17.3 Å². The molecule has 4 aromatic rings. The quantitative estimate of drug-likeness (QED) is 0.470. The second-order valence-electron chi connectivity index (χ2n) is 5.63. The Kier molecular flexibility index (Phi) is 4.73. The zero-order valence-electron chi connectivity index (χ0n) is 13.8. The van der Waals surface area contributed by atoms with Gasteiger partial charge in [0.25, 0.3) is 0 Å². The van der Waals surface area contributed by atoms with Gasteiger partial charge in [-0.1, -0.05) is 64.4 Å². The first-order valence-electron chi connectivity index (χ1n) is 7.87. The van der Waals surface area contributed by atoms with Crippen LogP contribution in [0.2, 0.25) is 5.02 Å². The predicted octanol–water partition coefficient (Wildman–Crippen LogP) is 4.57. The Morgan fingerprint density at radius 3 is 2.81 bits per heavy atom. The zero-order chi connectivity index (χ0) is 17.9. The van der Waals surface area contributed by atoms with Crippen LogP contribution >= 0.6 is 23.4 Å². The third-order valence-electron chi connectivity index (χ3n) is 3.71. The van der Waals surface area contributed by atoms with Crippen molar-refractivity contribution in [2.24, 2.45) is 0 Å². The molecule has 8 heteroatoms. The van der Waals surface area contributed by atoms with Crippen molar-refractivity contribution in [3.05, 3.63) is 71.3 Å². The van der Waals surface area contributed by atoms with Gasteiger partial charge in [0, 0.05) is 10.6 Å². The van der Waals surface area contributed by atoms with Gasteiger partial charge in [0.1, 0.15) is 6.33 Å². The molecule has 0 radical (unpaired) electrons. The molecule has 2 aromatic carbocycles. The summed E-state index contributed by atoms with van der Waals surface area (Å²) in [7, 11) is 0. The van der Waals surface area contributed by atoms with Crippen molar-refractivity contribution in [2.75, 3.05) is 0 Å². The first kappa shape index (κ1) is 16.8. The molecule has 2 aromatic heterocycles. The zero-order valence-corrected chi connectivity index (χ0v) is 15.4. The summed E-state index contributed by atoms with van der Waals surface area (Å²) in [5.41, 5.74) is 3.02. The van der Waals surface area contributed by atoms with E-state index in [4.69, 9.17) is 16.1 Å². The van der Waals surface area contributed by atoms with Gasteiger partial charge in [-0.15, -0.1) is 10.2 Å². The number of hydrogen-bond acceptors (Lipinski definition) is 6. The van der Waals surface area contributed by atoms with E-state index in [1.807, 2.05) is 60.0 Å². The highest BCUT2D eigenvalue weighted by atomic mass is 35.5. The number of thioether (sulfide) groups is 1. The lowest BCUT2D eigenvalue weighted by Gasteiger charge is -2.05. The fourth-order valence-electron chi connectivity index (χ4n) is 2.39. The van der Waals surface area contributed by atoms with Crippen molar-refractivity contribution in [2.45, 2.75) is 17.8 Å². The van der Waals surface area contributed by atoms with Crippen LogP contribution in [0.1, 0.15) is 11.5 Å². The minimum absolute atomic E-state index is 0.498. The molecule has 0 unspecified atom stereocenters. The molecule has 0 atom stereocenters. The van der Waals surface area contributed by atoms with Gasteiger partial charge in [-0.25, -0.2) is 0 Å². The molecule has 0 bridgehead atoms. The fraction of sp³-hybridized carbons (Fsp3) is 0.111. The van der Waals surface area contributed by atoms with Gasteiger partial charge in [-0.3, -0.25) is 4.57 Å². The van der Waals surface area contributed by atoms with Crippen LogP contribution in [-0.2, 0) is 5.75 Å². The maximum Gasteiger partial charge on any atom is 0.237 e. The van der Waals surface area contributed by atoms with Crippen molar-refractivity contribution in [1.82, 2.24) is 24.9 Å². The normalized spacial score (nSPS) is 11.0. The lowest BCUT2D eigenvalue weighted by molar-refractivity contribution is 0.391. The van der Waals surface area contributed by atoms with Crippen LogP contribution in [0.3, 0.4) is 0 Å². The molecule has 0 aliphatic rings. The van der Waals surface area contributed by atoms with Crippen molar-refractivity contribution in [1.29, 1.82) is 0 Å². The Morgan fingerprint density at radius 2 is 2.00 bits per heavy atom. The second-order valence-corrected chi connectivity index (χ2v) is 7.01. The topological polar surface area (TPSA) is 69.6 Å². The highest BCUT2D eigenvalue weighted by Gasteiger charge is 2.12. The number of aryl methyl sites for hydroxylation is 1. The minimum Gasteiger partial charge on any atom is -0.338 e.